The number of nitro groups is 1. The average Bonchev–Trinajstić information content (AvgIpc) is 1.65. The Morgan fingerprint density at radius 1 is 2.00 bits per heavy atom. The zero-order valence-corrected chi connectivity index (χ0v) is 4.00. The summed E-state index contributed by atoms with van der Waals surface area (Å²) < 4.78 is 0. The highest BCUT2D eigenvalue weighted by molar-refractivity contribution is 4.55. The van der Waals surface area contributed by atoms with E-state index in [-0.39, 0.29) is 0 Å². The van der Waals surface area contributed by atoms with E-state index in [4.69, 9.17) is 0 Å². The average molecular weight is 102 g/mol. The predicted molar refractivity (Wildman–Crippen MR) is 25.0 cm³/mol. The smallest absolute Gasteiger partial charge is 0.164 e. The Labute approximate surface area is 41.2 Å². The van der Waals surface area contributed by atoms with Gasteiger partial charge in [-0.25, -0.2) is 10.1 Å². The molecule has 0 aliphatic carbocycles. The highest BCUT2D eigenvalue weighted by Crippen LogP contribution is 1.77. The van der Waals surface area contributed by atoms with Gasteiger partial charge in [-0.05, 0) is 0 Å². The maximum absolute atomic E-state index is 9.59. The van der Waals surface area contributed by atoms with E-state index in [0.29, 0.717) is 0 Å². The first-order valence-electron chi connectivity index (χ1n) is 1.68. The SMILES string of the molecule is C=CN(C)[N+](=O)[O-]. The van der Waals surface area contributed by atoms with E-state index in [1.807, 2.05) is 0 Å². The van der Waals surface area contributed by atoms with Gasteiger partial charge in [-0.15, -0.1) is 5.01 Å². The molecular weight excluding hydrogens is 96.0 g/mol. The maximum atomic E-state index is 9.59. The summed E-state index contributed by atoms with van der Waals surface area (Å²) in [7, 11) is 1.31. The third-order valence-electron chi connectivity index (χ3n) is 0.522. The van der Waals surface area contributed by atoms with Gasteiger partial charge in [0, 0.05) is 0 Å². The van der Waals surface area contributed by atoms with Crippen molar-refractivity contribution < 1.29 is 5.03 Å². The van der Waals surface area contributed by atoms with Crippen LogP contribution in [0.1, 0.15) is 0 Å². The van der Waals surface area contributed by atoms with Crippen molar-refractivity contribution in [2.45, 2.75) is 0 Å². The number of hydrazine groups is 1. The molecule has 0 amide bonds. The van der Waals surface area contributed by atoms with E-state index in [1.165, 1.54) is 7.05 Å². The van der Waals surface area contributed by atoms with Crippen molar-refractivity contribution in [3.63, 3.8) is 0 Å². The van der Waals surface area contributed by atoms with E-state index in [1.54, 1.807) is 0 Å². The molecule has 40 valence electrons. The van der Waals surface area contributed by atoms with Crippen LogP contribution in [0.2, 0.25) is 0 Å². The van der Waals surface area contributed by atoms with Gasteiger partial charge in [-0.2, -0.15) is 0 Å². The molecule has 0 fully saturated rings. The molecule has 0 spiro atoms. The predicted octanol–water partition coefficient (Wildman–Crippen LogP) is 0.253. The van der Waals surface area contributed by atoms with Crippen molar-refractivity contribution in [3.8, 4) is 0 Å². The minimum Gasteiger partial charge on any atom is -0.234 e. The lowest BCUT2D eigenvalue weighted by Gasteiger charge is -1.96. The summed E-state index contributed by atoms with van der Waals surface area (Å²) in [6.07, 6.45) is 1.12. The molecule has 0 rings (SSSR count). The van der Waals surface area contributed by atoms with Crippen molar-refractivity contribution >= 4 is 0 Å². The van der Waals surface area contributed by atoms with Crippen LogP contribution in [-0.2, 0) is 0 Å². The summed E-state index contributed by atoms with van der Waals surface area (Å²) in [5.41, 5.74) is 0. The first-order chi connectivity index (χ1) is 3.18. The Morgan fingerprint density at radius 2 is 2.43 bits per heavy atom. The van der Waals surface area contributed by atoms with Crippen molar-refractivity contribution in [1.82, 2.24) is 5.01 Å². The molecule has 0 saturated carbocycles. The molecule has 0 aromatic carbocycles. The molecule has 0 heterocycles. The third kappa shape index (κ3) is 1.75. The van der Waals surface area contributed by atoms with Gasteiger partial charge in [0.15, 0.2) is 5.03 Å². The second-order valence-electron chi connectivity index (χ2n) is 0.994. The quantitative estimate of drug-likeness (QED) is 0.371. The molecule has 0 aromatic heterocycles. The van der Waals surface area contributed by atoms with Crippen LogP contribution in [0.5, 0.6) is 0 Å². The topological polar surface area (TPSA) is 46.4 Å². The number of hydrogen-bond acceptors (Lipinski definition) is 2. The lowest BCUT2D eigenvalue weighted by molar-refractivity contribution is -0.633. The van der Waals surface area contributed by atoms with Gasteiger partial charge in [-0.1, -0.05) is 6.58 Å². The number of nitrogens with zero attached hydrogens (tertiary/aromatic N) is 2. The van der Waals surface area contributed by atoms with Crippen molar-refractivity contribution in [2.75, 3.05) is 7.05 Å². The molecule has 7 heavy (non-hydrogen) atoms. The molecule has 0 aliphatic rings. The Balaban J connectivity index is 3.55. The summed E-state index contributed by atoms with van der Waals surface area (Å²) in [6.45, 7) is 3.17. The fraction of sp³-hybridized carbons (Fsp3) is 0.333. The fourth-order valence-corrected chi connectivity index (χ4v) is 0.0667. The Kier molecular flexibility index (Phi) is 1.84. The van der Waals surface area contributed by atoms with Gasteiger partial charge in [0.2, 0.25) is 0 Å². The molecule has 0 saturated heterocycles. The van der Waals surface area contributed by atoms with E-state index in [2.05, 4.69) is 6.58 Å². The van der Waals surface area contributed by atoms with Gasteiger partial charge in [0.1, 0.15) is 0 Å². The maximum Gasteiger partial charge on any atom is 0.164 e. The molecule has 4 nitrogen and oxygen atoms in total. The van der Waals surface area contributed by atoms with Crippen LogP contribution in [0, 0.1) is 10.1 Å². The fourth-order valence-electron chi connectivity index (χ4n) is 0.0667. The van der Waals surface area contributed by atoms with Crippen LogP contribution in [0.3, 0.4) is 0 Å². The van der Waals surface area contributed by atoms with E-state index in [0.717, 1.165) is 11.2 Å². The number of hydrogen-bond donors (Lipinski definition) is 0. The van der Waals surface area contributed by atoms with Crippen LogP contribution in [0.15, 0.2) is 12.8 Å². The van der Waals surface area contributed by atoms with E-state index >= 15 is 0 Å². The lowest BCUT2D eigenvalue weighted by Crippen LogP contribution is -2.17. The zero-order valence-electron chi connectivity index (χ0n) is 4.00. The molecule has 0 radical (unpaired) electrons. The van der Waals surface area contributed by atoms with Crippen molar-refractivity contribution in [2.24, 2.45) is 0 Å². The molecule has 0 atom stereocenters. The van der Waals surface area contributed by atoms with Crippen LogP contribution >= 0.6 is 0 Å². The monoisotopic (exact) mass is 102 g/mol. The molecule has 0 aliphatic heterocycles. The second-order valence-corrected chi connectivity index (χ2v) is 0.994. The van der Waals surface area contributed by atoms with E-state index < -0.39 is 5.03 Å². The van der Waals surface area contributed by atoms with Crippen LogP contribution in [0.25, 0.3) is 0 Å². The Bertz CT molecular complexity index is 90.9. The van der Waals surface area contributed by atoms with Gasteiger partial charge in [0.25, 0.3) is 0 Å². The summed E-state index contributed by atoms with van der Waals surface area (Å²) >= 11 is 0. The van der Waals surface area contributed by atoms with Crippen LogP contribution < -0.4 is 0 Å². The minimum absolute atomic E-state index is 0.562. The van der Waals surface area contributed by atoms with Crippen LogP contribution in [0.4, 0.5) is 0 Å². The lowest BCUT2D eigenvalue weighted by atomic mass is 11.0. The Morgan fingerprint density at radius 3 is 2.43 bits per heavy atom. The normalized spacial score (nSPS) is 7.57. The molecule has 0 bridgehead atoms. The largest absolute Gasteiger partial charge is 0.234 e. The van der Waals surface area contributed by atoms with Gasteiger partial charge < -0.3 is 0 Å². The first-order valence-corrected chi connectivity index (χ1v) is 1.68. The van der Waals surface area contributed by atoms with Crippen molar-refractivity contribution in [1.29, 1.82) is 0 Å². The molecule has 4 heteroatoms. The zero-order chi connectivity index (χ0) is 5.86. The second kappa shape index (κ2) is 2.17. The molecule has 0 unspecified atom stereocenters. The van der Waals surface area contributed by atoms with Gasteiger partial charge in [-0.3, -0.25) is 0 Å². The van der Waals surface area contributed by atoms with Crippen LogP contribution in [-0.4, -0.2) is 17.1 Å². The summed E-state index contributed by atoms with van der Waals surface area (Å²) in [5.74, 6) is 0. The third-order valence-corrected chi connectivity index (χ3v) is 0.522. The molecular formula is C3H6N2O2. The highest BCUT2D eigenvalue weighted by atomic mass is 16.7. The number of rotatable bonds is 2. The highest BCUT2D eigenvalue weighted by Gasteiger charge is 1.95. The molecule has 0 aromatic rings. The first kappa shape index (κ1) is 5.94. The summed E-state index contributed by atoms with van der Waals surface area (Å²) in [5, 5.41) is 9.81. The van der Waals surface area contributed by atoms with Gasteiger partial charge >= 0.3 is 0 Å². The van der Waals surface area contributed by atoms with Crippen molar-refractivity contribution in [3.05, 3.63) is 22.9 Å². The van der Waals surface area contributed by atoms with E-state index in [9.17, 15) is 10.1 Å². The molecule has 0 N–H and O–H groups in total. The Hall–Kier alpha value is -1.06. The summed E-state index contributed by atoms with van der Waals surface area (Å²) in [4.78, 5) is 9.59. The van der Waals surface area contributed by atoms with Gasteiger partial charge in [0.05, 0.1) is 13.2 Å². The summed E-state index contributed by atoms with van der Waals surface area (Å²) in [6, 6.07) is 0. The minimum atomic E-state index is -0.562. The standard InChI is InChI=1S/C3H6N2O2/c1-3-4(2)5(6)7/h3H,1H2,2H3.